The van der Waals surface area contributed by atoms with Gasteiger partial charge in [0, 0.05) is 11.5 Å². The van der Waals surface area contributed by atoms with Gasteiger partial charge >= 0.3 is 0 Å². The molecule has 3 heteroatoms. The summed E-state index contributed by atoms with van der Waals surface area (Å²) in [5.74, 6) is 0. The van der Waals surface area contributed by atoms with Crippen molar-refractivity contribution in [1.82, 2.24) is 4.90 Å². The molecule has 0 spiro atoms. The van der Waals surface area contributed by atoms with E-state index in [1.165, 1.54) is 38.9 Å². The normalized spacial score (nSPS) is 28.7. The number of likely N-dealkylation sites (tertiary alicyclic amines) is 1. The molecule has 0 aromatic heterocycles. The number of hydrogen-bond acceptors (Lipinski definition) is 3. The monoisotopic (exact) mass is 198 g/mol. The van der Waals surface area contributed by atoms with Crippen LogP contribution in [0.4, 0.5) is 0 Å². The molecule has 0 saturated carbocycles. The van der Waals surface area contributed by atoms with Crippen molar-refractivity contribution in [3.8, 4) is 0 Å². The molecule has 14 heavy (non-hydrogen) atoms. The summed E-state index contributed by atoms with van der Waals surface area (Å²) in [6, 6.07) is 0.453. The van der Waals surface area contributed by atoms with Gasteiger partial charge in [0.25, 0.3) is 0 Å². The molecule has 2 saturated heterocycles. The highest BCUT2D eigenvalue weighted by atomic mass is 16.5. The van der Waals surface area contributed by atoms with E-state index >= 15 is 0 Å². The third-order valence-corrected chi connectivity index (χ3v) is 3.56. The zero-order chi connectivity index (χ0) is 10.0. The molecule has 0 bridgehead atoms. The van der Waals surface area contributed by atoms with E-state index in [-0.39, 0.29) is 0 Å². The Balaban J connectivity index is 1.65. The Morgan fingerprint density at radius 2 is 2.00 bits per heavy atom. The minimum absolute atomic E-state index is 0.453. The molecule has 0 unspecified atom stereocenters. The second kappa shape index (κ2) is 4.17. The maximum atomic E-state index is 5.87. The summed E-state index contributed by atoms with van der Waals surface area (Å²) in [4.78, 5) is 2.55. The highest BCUT2D eigenvalue weighted by molar-refractivity contribution is 4.83. The number of nitrogens with zero attached hydrogens (tertiary/aromatic N) is 1. The van der Waals surface area contributed by atoms with Crippen molar-refractivity contribution in [2.24, 2.45) is 11.1 Å². The van der Waals surface area contributed by atoms with E-state index in [9.17, 15) is 0 Å². The van der Waals surface area contributed by atoms with E-state index in [0.29, 0.717) is 11.5 Å². The summed E-state index contributed by atoms with van der Waals surface area (Å²) < 4.78 is 5.26. The van der Waals surface area contributed by atoms with Crippen LogP contribution in [-0.2, 0) is 4.74 Å². The first-order valence-corrected chi connectivity index (χ1v) is 5.74. The van der Waals surface area contributed by atoms with Crippen LogP contribution < -0.4 is 5.73 Å². The van der Waals surface area contributed by atoms with Crippen molar-refractivity contribution in [1.29, 1.82) is 0 Å². The van der Waals surface area contributed by atoms with Gasteiger partial charge in [0.05, 0.1) is 13.2 Å². The lowest BCUT2D eigenvalue weighted by atomic mass is 9.84. The van der Waals surface area contributed by atoms with Gasteiger partial charge in [-0.05, 0) is 38.9 Å². The molecule has 2 aliphatic rings. The standard InChI is InChI=1S/C11H22N2O/c1-11(8-14-9-11)4-7-13-5-2-10(12)3-6-13/h10H,2-9,12H2,1H3. The molecule has 0 radical (unpaired) electrons. The fourth-order valence-electron chi connectivity index (χ4n) is 2.20. The number of hydrogen-bond donors (Lipinski definition) is 1. The van der Waals surface area contributed by atoms with Crippen LogP contribution >= 0.6 is 0 Å². The maximum Gasteiger partial charge on any atom is 0.0542 e. The lowest BCUT2D eigenvalue weighted by Crippen LogP contribution is -2.45. The van der Waals surface area contributed by atoms with E-state index in [4.69, 9.17) is 10.5 Å². The summed E-state index contributed by atoms with van der Waals surface area (Å²) in [7, 11) is 0. The highest BCUT2D eigenvalue weighted by Crippen LogP contribution is 2.30. The quantitative estimate of drug-likeness (QED) is 0.730. The second-order valence-corrected chi connectivity index (χ2v) is 5.23. The molecule has 2 heterocycles. The molecule has 2 N–H and O–H groups in total. The van der Waals surface area contributed by atoms with Crippen LogP contribution in [0.3, 0.4) is 0 Å². The fraction of sp³-hybridized carbons (Fsp3) is 1.00. The van der Waals surface area contributed by atoms with Gasteiger partial charge in [0.2, 0.25) is 0 Å². The van der Waals surface area contributed by atoms with Crippen LogP contribution in [0, 0.1) is 5.41 Å². The third-order valence-electron chi connectivity index (χ3n) is 3.56. The highest BCUT2D eigenvalue weighted by Gasteiger charge is 2.33. The minimum Gasteiger partial charge on any atom is -0.380 e. The topological polar surface area (TPSA) is 38.5 Å². The number of nitrogens with two attached hydrogens (primary N) is 1. The molecule has 0 amide bonds. The molecular formula is C11H22N2O. The number of rotatable bonds is 3. The molecule has 0 aromatic rings. The van der Waals surface area contributed by atoms with Crippen molar-refractivity contribution >= 4 is 0 Å². The Kier molecular flexibility index (Phi) is 3.10. The van der Waals surface area contributed by atoms with Gasteiger partial charge in [-0.15, -0.1) is 0 Å². The van der Waals surface area contributed by atoms with E-state index in [0.717, 1.165) is 13.2 Å². The molecule has 2 rings (SSSR count). The van der Waals surface area contributed by atoms with Gasteiger partial charge in [-0.2, -0.15) is 0 Å². The smallest absolute Gasteiger partial charge is 0.0542 e. The average molecular weight is 198 g/mol. The van der Waals surface area contributed by atoms with Crippen LogP contribution in [0.2, 0.25) is 0 Å². The molecule has 2 fully saturated rings. The Morgan fingerprint density at radius 3 is 2.50 bits per heavy atom. The van der Waals surface area contributed by atoms with Crippen LogP contribution in [0.15, 0.2) is 0 Å². The molecular weight excluding hydrogens is 176 g/mol. The van der Waals surface area contributed by atoms with Gasteiger partial charge in [0.15, 0.2) is 0 Å². The first kappa shape index (κ1) is 10.4. The van der Waals surface area contributed by atoms with Gasteiger partial charge < -0.3 is 15.4 Å². The molecule has 2 aliphatic heterocycles. The van der Waals surface area contributed by atoms with Gasteiger partial charge in [0.1, 0.15) is 0 Å². The Morgan fingerprint density at radius 1 is 1.36 bits per heavy atom. The maximum absolute atomic E-state index is 5.87. The van der Waals surface area contributed by atoms with Crippen molar-refractivity contribution in [2.75, 3.05) is 32.8 Å². The lowest BCUT2D eigenvalue weighted by Gasteiger charge is -2.40. The summed E-state index contributed by atoms with van der Waals surface area (Å²) in [6.07, 6.45) is 3.63. The van der Waals surface area contributed by atoms with Crippen LogP contribution in [0.1, 0.15) is 26.2 Å². The van der Waals surface area contributed by atoms with Gasteiger partial charge in [-0.1, -0.05) is 6.92 Å². The predicted molar refractivity (Wildman–Crippen MR) is 57.2 cm³/mol. The first-order valence-electron chi connectivity index (χ1n) is 5.74. The van der Waals surface area contributed by atoms with Crippen molar-refractivity contribution in [3.05, 3.63) is 0 Å². The van der Waals surface area contributed by atoms with Crippen LogP contribution in [0.5, 0.6) is 0 Å². The summed E-state index contributed by atoms with van der Waals surface area (Å²) in [5.41, 5.74) is 6.34. The van der Waals surface area contributed by atoms with Gasteiger partial charge in [-0.3, -0.25) is 0 Å². The predicted octanol–water partition coefficient (Wildman–Crippen LogP) is 0.836. The van der Waals surface area contributed by atoms with Crippen molar-refractivity contribution in [3.63, 3.8) is 0 Å². The zero-order valence-corrected chi connectivity index (χ0v) is 9.17. The lowest BCUT2D eigenvalue weighted by molar-refractivity contribution is -0.109. The Bertz CT molecular complexity index is 184. The fourth-order valence-corrected chi connectivity index (χ4v) is 2.20. The number of piperidine rings is 1. The summed E-state index contributed by atoms with van der Waals surface area (Å²) in [6.45, 7) is 7.86. The molecule has 0 aromatic carbocycles. The van der Waals surface area contributed by atoms with Crippen LogP contribution in [-0.4, -0.2) is 43.8 Å². The minimum atomic E-state index is 0.453. The zero-order valence-electron chi connectivity index (χ0n) is 9.17. The Labute approximate surface area is 86.6 Å². The summed E-state index contributed by atoms with van der Waals surface area (Å²) in [5, 5.41) is 0. The van der Waals surface area contributed by atoms with Crippen LogP contribution in [0.25, 0.3) is 0 Å². The van der Waals surface area contributed by atoms with E-state index in [2.05, 4.69) is 11.8 Å². The SMILES string of the molecule is CC1(CCN2CCC(N)CC2)COC1. The molecule has 0 aliphatic carbocycles. The van der Waals surface area contributed by atoms with E-state index in [1.54, 1.807) is 0 Å². The largest absolute Gasteiger partial charge is 0.380 e. The van der Waals surface area contributed by atoms with Crippen molar-refractivity contribution < 1.29 is 4.74 Å². The van der Waals surface area contributed by atoms with E-state index in [1.807, 2.05) is 0 Å². The Hall–Kier alpha value is -0.120. The second-order valence-electron chi connectivity index (χ2n) is 5.23. The molecule has 3 nitrogen and oxygen atoms in total. The number of ether oxygens (including phenoxy) is 1. The molecule has 0 atom stereocenters. The summed E-state index contributed by atoms with van der Waals surface area (Å²) >= 11 is 0. The van der Waals surface area contributed by atoms with E-state index < -0.39 is 0 Å². The van der Waals surface area contributed by atoms with Crippen molar-refractivity contribution in [2.45, 2.75) is 32.2 Å². The first-order chi connectivity index (χ1) is 6.68. The average Bonchev–Trinajstić information content (AvgIpc) is 2.14. The third kappa shape index (κ3) is 2.47. The van der Waals surface area contributed by atoms with Gasteiger partial charge in [-0.25, -0.2) is 0 Å². The molecule has 82 valence electrons.